The van der Waals surface area contributed by atoms with Crippen LogP contribution in [0.2, 0.25) is 0 Å². The minimum absolute atomic E-state index is 0.142. The molecule has 0 fully saturated rings. The number of nitrogens with zero attached hydrogens (tertiary/aromatic N) is 4. The van der Waals surface area contributed by atoms with Crippen molar-refractivity contribution in [1.29, 1.82) is 0 Å². The van der Waals surface area contributed by atoms with E-state index in [0.29, 0.717) is 27.9 Å². The van der Waals surface area contributed by atoms with Crippen LogP contribution in [0.25, 0.3) is 11.3 Å². The van der Waals surface area contributed by atoms with Crippen LogP contribution < -0.4 is 27.4 Å². The van der Waals surface area contributed by atoms with E-state index in [1.165, 1.54) is 0 Å². The van der Waals surface area contributed by atoms with Crippen molar-refractivity contribution in [3.8, 4) is 11.3 Å². The lowest BCUT2D eigenvalue weighted by atomic mass is 10.1. The van der Waals surface area contributed by atoms with E-state index in [1.807, 2.05) is 30.3 Å². The standard InChI is InChI=1S/C22H17F3N8OS/c23-22(24,25)17-12-19(34)33(26)20(29-17)27-15-8-4-5-9-16(15)28-21(35)30-18-11-10-14(31-32-18)13-6-2-1-3-7-13/h1-12H,26H2,(H,27,29)(H2,28,30,32,35). The first kappa shape index (κ1) is 23.6. The average molecular weight is 498 g/mol. The molecule has 0 unspecified atom stereocenters. The second-order valence-electron chi connectivity index (χ2n) is 7.09. The molecule has 4 aromatic rings. The second kappa shape index (κ2) is 9.77. The van der Waals surface area contributed by atoms with Crippen LogP contribution in [-0.4, -0.2) is 25.0 Å². The largest absolute Gasteiger partial charge is 0.433 e. The van der Waals surface area contributed by atoms with Gasteiger partial charge in [-0.05, 0) is 36.5 Å². The molecule has 2 aromatic carbocycles. The lowest BCUT2D eigenvalue weighted by Gasteiger charge is -2.16. The monoisotopic (exact) mass is 498 g/mol. The topological polar surface area (TPSA) is 123 Å². The first-order chi connectivity index (χ1) is 16.7. The minimum atomic E-state index is -4.82. The van der Waals surface area contributed by atoms with Crippen LogP contribution in [0, 0.1) is 0 Å². The molecule has 0 atom stereocenters. The molecule has 9 nitrogen and oxygen atoms in total. The molecular weight excluding hydrogens is 481 g/mol. The third kappa shape index (κ3) is 5.70. The average Bonchev–Trinajstić information content (AvgIpc) is 2.83. The molecule has 35 heavy (non-hydrogen) atoms. The number of alkyl halides is 3. The molecule has 5 N–H and O–H groups in total. The van der Waals surface area contributed by atoms with Crippen LogP contribution in [0.4, 0.5) is 36.3 Å². The Kier molecular flexibility index (Phi) is 6.59. The number of para-hydroxylation sites is 2. The highest BCUT2D eigenvalue weighted by atomic mass is 32.1. The van der Waals surface area contributed by atoms with E-state index in [-0.39, 0.29) is 10.8 Å². The van der Waals surface area contributed by atoms with Gasteiger partial charge in [-0.2, -0.15) is 17.8 Å². The van der Waals surface area contributed by atoms with Gasteiger partial charge in [0.2, 0.25) is 5.95 Å². The lowest BCUT2D eigenvalue weighted by Crippen LogP contribution is -2.32. The van der Waals surface area contributed by atoms with Gasteiger partial charge in [0.05, 0.1) is 17.1 Å². The molecule has 0 radical (unpaired) electrons. The molecule has 2 aromatic heterocycles. The smallest absolute Gasteiger partial charge is 0.333 e. The number of hydrogen-bond acceptors (Lipinski definition) is 7. The molecule has 178 valence electrons. The number of halogens is 3. The van der Waals surface area contributed by atoms with E-state index in [2.05, 4.69) is 31.1 Å². The fourth-order valence-corrected chi connectivity index (χ4v) is 3.19. The number of benzene rings is 2. The van der Waals surface area contributed by atoms with Crippen molar-refractivity contribution in [1.82, 2.24) is 19.9 Å². The summed E-state index contributed by atoms with van der Waals surface area (Å²) in [7, 11) is 0. The van der Waals surface area contributed by atoms with E-state index in [9.17, 15) is 18.0 Å². The molecule has 0 aliphatic rings. The van der Waals surface area contributed by atoms with Gasteiger partial charge in [0.25, 0.3) is 5.56 Å². The number of aromatic nitrogens is 4. The quantitative estimate of drug-likeness (QED) is 0.239. The maximum absolute atomic E-state index is 13.1. The number of nitrogens with two attached hydrogens (primary N) is 1. The van der Waals surface area contributed by atoms with Gasteiger partial charge in [-0.3, -0.25) is 4.79 Å². The van der Waals surface area contributed by atoms with E-state index >= 15 is 0 Å². The summed E-state index contributed by atoms with van der Waals surface area (Å²) in [6.07, 6.45) is -4.82. The van der Waals surface area contributed by atoms with Crippen molar-refractivity contribution in [2.45, 2.75) is 6.18 Å². The zero-order chi connectivity index (χ0) is 25.0. The summed E-state index contributed by atoms with van der Waals surface area (Å²) in [6.45, 7) is 0. The number of rotatable bonds is 5. The normalized spacial score (nSPS) is 11.1. The molecular formula is C22H17F3N8OS. The van der Waals surface area contributed by atoms with E-state index in [1.54, 1.807) is 36.4 Å². The highest BCUT2D eigenvalue weighted by Crippen LogP contribution is 2.29. The summed E-state index contributed by atoms with van der Waals surface area (Å²) in [5.41, 5.74) is -0.195. The Bertz CT molecular complexity index is 1410. The van der Waals surface area contributed by atoms with Gasteiger partial charge >= 0.3 is 6.18 Å². The molecule has 0 saturated heterocycles. The predicted octanol–water partition coefficient (Wildman–Crippen LogP) is 3.99. The van der Waals surface area contributed by atoms with Gasteiger partial charge in [-0.15, -0.1) is 10.2 Å². The van der Waals surface area contributed by atoms with E-state index < -0.39 is 23.4 Å². The van der Waals surface area contributed by atoms with Crippen molar-refractivity contribution in [3.05, 3.63) is 88.8 Å². The van der Waals surface area contributed by atoms with Crippen LogP contribution in [0.15, 0.2) is 77.6 Å². The molecule has 4 rings (SSSR count). The van der Waals surface area contributed by atoms with Crippen molar-refractivity contribution >= 4 is 40.5 Å². The first-order valence-corrected chi connectivity index (χ1v) is 10.4. The fraction of sp³-hybridized carbons (Fsp3) is 0.0455. The van der Waals surface area contributed by atoms with Gasteiger partial charge < -0.3 is 21.8 Å². The third-order valence-corrected chi connectivity index (χ3v) is 4.84. The van der Waals surface area contributed by atoms with Crippen molar-refractivity contribution in [2.24, 2.45) is 0 Å². The van der Waals surface area contributed by atoms with Crippen LogP contribution >= 0.6 is 12.2 Å². The highest BCUT2D eigenvalue weighted by molar-refractivity contribution is 7.80. The Morgan fingerprint density at radius 3 is 2.26 bits per heavy atom. The minimum Gasteiger partial charge on any atom is -0.333 e. The number of hydrogen-bond donors (Lipinski definition) is 4. The van der Waals surface area contributed by atoms with Crippen molar-refractivity contribution < 1.29 is 13.2 Å². The SMILES string of the molecule is Nn1c(Nc2ccccc2NC(=S)Nc2ccc(-c3ccccc3)nn2)nc(C(F)(F)F)cc1=O. The molecule has 0 aliphatic heterocycles. The fourth-order valence-electron chi connectivity index (χ4n) is 2.98. The Labute approximate surface area is 201 Å². The molecule has 2 heterocycles. The van der Waals surface area contributed by atoms with Gasteiger partial charge in [0.1, 0.15) is 0 Å². The maximum Gasteiger partial charge on any atom is 0.433 e. The molecule has 13 heteroatoms. The summed E-state index contributed by atoms with van der Waals surface area (Å²) in [5, 5.41) is 16.9. The lowest BCUT2D eigenvalue weighted by molar-refractivity contribution is -0.141. The molecule has 0 spiro atoms. The van der Waals surface area contributed by atoms with Crippen molar-refractivity contribution in [3.63, 3.8) is 0 Å². The Morgan fingerprint density at radius 1 is 0.914 bits per heavy atom. The molecule has 0 saturated carbocycles. The maximum atomic E-state index is 13.1. The Balaban J connectivity index is 1.50. The number of anilines is 4. The summed E-state index contributed by atoms with van der Waals surface area (Å²) in [4.78, 5) is 15.3. The third-order valence-electron chi connectivity index (χ3n) is 4.64. The van der Waals surface area contributed by atoms with Crippen LogP contribution in [-0.2, 0) is 6.18 Å². The molecule has 0 amide bonds. The van der Waals surface area contributed by atoms with E-state index in [0.717, 1.165) is 5.56 Å². The summed E-state index contributed by atoms with van der Waals surface area (Å²) in [5.74, 6) is 5.47. The van der Waals surface area contributed by atoms with Gasteiger partial charge in [0, 0.05) is 11.6 Å². The number of thiocarbonyl (C=S) groups is 1. The van der Waals surface area contributed by atoms with Gasteiger partial charge in [-0.25, -0.2) is 4.98 Å². The highest BCUT2D eigenvalue weighted by Gasteiger charge is 2.34. The Hall–Kier alpha value is -4.52. The first-order valence-electron chi connectivity index (χ1n) is 10.0. The zero-order valence-corrected chi connectivity index (χ0v) is 18.6. The van der Waals surface area contributed by atoms with Crippen LogP contribution in [0.3, 0.4) is 0 Å². The summed E-state index contributed by atoms with van der Waals surface area (Å²) in [6, 6.07) is 19.8. The summed E-state index contributed by atoms with van der Waals surface area (Å²) >= 11 is 5.32. The van der Waals surface area contributed by atoms with Crippen molar-refractivity contribution in [2.75, 3.05) is 21.8 Å². The van der Waals surface area contributed by atoms with Crippen LogP contribution in [0.5, 0.6) is 0 Å². The van der Waals surface area contributed by atoms with Gasteiger partial charge in [-0.1, -0.05) is 42.5 Å². The molecule has 0 aliphatic carbocycles. The zero-order valence-electron chi connectivity index (χ0n) is 17.7. The number of nitrogen functional groups attached to an aromatic ring is 1. The number of nitrogens with one attached hydrogen (secondary N) is 3. The summed E-state index contributed by atoms with van der Waals surface area (Å²) < 4.78 is 39.7. The second-order valence-corrected chi connectivity index (χ2v) is 7.50. The van der Waals surface area contributed by atoms with Crippen LogP contribution in [0.1, 0.15) is 5.69 Å². The predicted molar refractivity (Wildman–Crippen MR) is 131 cm³/mol. The van der Waals surface area contributed by atoms with Gasteiger partial charge in [0.15, 0.2) is 16.6 Å². The molecule has 0 bridgehead atoms. The van der Waals surface area contributed by atoms with E-state index in [4.69, 9.17) is 18.1 Å². The Morgan fingerprint density at radius 2 is 1.60 bits per heavy atom.